The largest absolute Gasteiger partial charge is 0.378 e. The minimum absolute atomic E-state index is 0.515. The molecule has 2 aliphatic heterocycles. The highest BCUT2D eigenvalue weighted by molar-refractivity contribution is 7.80. The highest BCUT2D eigenvalue weighted by Gasteiger charge is 2.23. The van der Waals surface area contributed by atoms with E-state index in [2.05, 4.69) is 36.3 Å². The molecule has 118 valence electrons. The summed E-state index contributed by atoms with van der Waals surface area (Å²) in [5, 5.41) is 0. The van der Waals surface area contributed by atoms with Gasteiger partial charge < -0.3 is 9.64 Å². The van der Waals surface area contributed by atoms with Crippen LogP contribution in [-0.4, -0.2) is 61.1 Å². The van der Waals surface area contributed by atoms with Crippen molar-refractivity contribution in [2.75, 3.05) is 45.2 Å². The number of piperidine rings is 2. The molecule has 0 aromatic rings. The van der Waals surface area contributed by atoms with Gasteiger partial charge in [0.2, 0.25) is 0 Å². The summed E-state index contributed by atoms with van der Waals surface area (Å²) in [7, 11) is 0. The van der Waals surface area contributed by atoms with Gasteiger partial charge in [0.1, 0.15) is 0 Å². The number of rotatable bonds is 6. The first-order valence-corrected chi connectivity index (χ1v) is 8.97. The zero-order valence-electron chi connectivity index (χ0n) is 13.3. The second-order valence-corrected chi connectivity index (χ2v) is 7.21. The van der Waals surface area contributed by atoms with Gasteiger partial charge in [-0.25, -0.2) is 0 Å². The molecule has 0 atom stereocenters. The second kappa shape index (κ2) is 8.62. The Morgan fingerprint density at radius 3 is 2.15 bits per heavy atom. The van der Waals surface area contributed by atoms with Gasteiger partial charge in [-0.1, -0.05) is 13.8 Å². The summed E-state index contributed by atoms with van der Waals surface area (Å²) in [4.78, 5) is 5.01. The fourth-order valence-corrected chi connectivity index (χ4v) is 3.62. The molecular weight excluding hydrogens is 268 g/mol. The SMILES string of the molecule is CC(C)CN1CCC(OCC2CCN(CS)CC2)CC1. The van der Waals surface area contributed by atoms with Crippen LogP contribution in [0.25, 0.3) is 0 Å². The minimum Gasteiger partial charge on any atom is -0.378 e. The molecule has 2 fully saturated rings. The molecule has 0 amide bonds. The van der Waals surface area contributed by atoms with Crippen molar-refractivity contribution in [1.29, 1.82) is 0 Å². The zero-order valence-corrected chi connectivity index (χ0v) is 14.2. The average Bonchev–Trinajstić information content (AvgIpc) is 2.46. The molecule has 2 rings (SSSR count). The number of nitrogens with zero attached hydrogens (tertiary/aromatic N) is 2. The van der Waals surface area contributed by atoms with E-state index in [1.54, 1.807) is 0 Å². The van der Waals surface area contributed by atoms with E-state index in [1.807, 2.05) is 0 Å². The van der Waals surface area contributed by atoms with E-state index >= 15 is 0 Å². The fraction of sp³-hybridized carbons (Fsp3) is 1.00. The Bertz CT molecular complexity index is 259. The molecule has 2 heterocycles. The van der Waals surface area contributed by atoms with E-state index < -0.39 is 0 Å². The molecule has 4 heteroatoms. The third kappa shape index (κ3) is 5.55. The summed E-state index contributed by atoms with van der Waals surface area (Å²) in [5.41, 5.74) is 0. The van der Waals surface area contributed by atoms with Crippen LogP contribution in [0.5, 0.6) is 0 Å². The first kappa shape index (κ1) is 16.6. The van der Waals surface area contributed by atoms with Crippen LogP contribution < -0.4 is 0 Å². The van der Waals surface area contributed by atoms with Gasteiger partial charge in [0.05, 0.1) is 6.10 Å². The number of hydrogen-bond donors (Lipinski definition) is 1. The van der Waals surface area contributed by atoms with Crippen molar-refractivity contribution in [1.82, 2.24) is 9.80 Å². The number of ether oxygens (including phenoxy) is 1. The molecule has 3 nitrogen and oxygen atoms in total. The minimum atomic E-state index is 0.515. The van der Waals surface area contributed by atoms with Gasteiger partial charge in [-0.2, -0.15) is 12.6 Å². The van der Waals surface area contributed by atoms with Crippen LogP contribution in [0.15, 0.2) is 0 Å². The molecule has 0 unspecified atom stereocenters. The Kier molecular flexibility index (Phi) is 7.15. The molecule has 2 saturated heterocycles. The van der Waals surface area contributed by atoms with E-state index in [0.29, 0.717) is 6.10 Å². The second-order valence-electron chi connectivity index (χ2n) is 6.93. The molecule has 0 aromatic heterocycles. The van der Waals surface area contributed by atoms with Gasteiger partial charge in [-0.05, 0) is 50.6 Å². The summed E-state index contributed by atoms with van der Waals surface area (Å²) in [6, 6.07) is 0. The number of likely N-dealkylation sites (tertiary alicyclic amines) is 2. The van der Waals surface area contributed by atoms with Gasteiger partial charge in [-0.15, -0.1) is 0 Å². The lowest BCUT2D eigenvalue weighted by Crippen LogP contribution is -2.40. The standard InChI is InChI=1S/C16H32N2OS/c1-14(2)11-17-9-5-16(6-10-17)19-12-15-3-7-18(13-20)8-4-15/h14-16,20H,3-13H2,1-2H3. The summed E-state index contributed by atoms with van der Waals surface area (Å²) in [6.07, 6.45) is 5.53. The van der Waals surface area contributed by atoms with Crippen LogP contribution in [0.1, 0.15) is 39.5 Å². The van der Waals surface area contributed by atoms with Crippen LogP contribution in [-0.2, 0) is 4.74 Å². The normalized spacial score (nSPS) is 24.6. The number of thiol groups is 1. The van der Waals surface area contributed by atoms with Crippen LogP contribution in [0.2, 0.25) is 0 Å². The van der Waals surface area contributed by atoms with Gasteiger partial charge >= 0.3 is 0 Å². The van der Waals surface area contributed by atoms with Crippen molar-refractivity contribution < 1.29 is 4.74 Å². The molecule has 0 spiro atoms. The lowest BCUT2D eigenvalue weighted by molar-refractivity contribution is -0.0195. The molecule has 0 N–H and O–H groups in total. The maximum atomic E-state index is 6.18. The van der Waals surface area contributed by atoms with Crippen LogP contribution in [0, 0.1) is 11.8 Å². The highest BCUT2D eigenvalue weighted by atomic mass is 32.1. The monoisotopic (exact) mass is 300 g/mol. The lowest BCUT2D eigenvalue weighted by atomic mass is 9.98. The molecule has 0 radical (unpaired) electrons. The van der Waals surface area contributed by atoms with Crippen LogP contribution in [0.4, 0.5) is 0 Å². The van der Waals surface area contributed by atoms with Crippen molar-refractivity contribution in [3.05, 3.63) is 0 Å². The quantitative estimate of drug-likeness (QED) is 0.760. The first-order valence-electron chi connectivity index (χ1n) is 8.34. The Hall–Kier alpha value is 0.230. The van der Waals surface area contributed by atoms with Crippen LogP contribution >= 0.6 is 12.6 Å². The lowest BCUT2D eigenvalue weighted by Gasteiger charge is -2.35. The van der Waals surface area contributed by atoms with E-state index in [0.717, 1.165) is 24.3 Å². The molecule has 0 aliphatic carbocycles. The van der Waals surface area contributed by atoms with Gasteiger partial charge in [-0.3, -0.25) is 4.90 Å². The maximum Gasteiger partial charge on any atom is 0.0599 e. The summed E-state index contributed by atoms with van der Waals surface area (Å²) in [6.45, 7) is 11.7. The number of hydrogen-bond acceptors (Lipinski definition) is 4. The van der Waals surface area contributed by atoms with Crippen molar-refractivity contribution in [2.24, 2.45) is 11.8 Å². The van der Waals surface area contributed by atoms with Crippen molar-refractivity contribution in [3.63, 3.8) is 0 Å². The topological polar surface area (TPSA) is 15.7 Å². The molecular formula is C16H32N2OS. The van der Waals surface area contributed by atoms with E-state index in [4.69, 9.17) is 4.74 Å². The highest BCUT2D eigenvalue weighted by Crippen LogP contribution is 2.21. The predicted octanol–water partition coefficient (Wildman–Crippen LogP) is 2.72. The summed E-state index contributed by atoms with van der Waals surface area (Å²) in [5.74, 6) is 2.46. The molecule has 2 aliphatic rings. The molecule has 0 aromatic carbocycles. The molecule has 0 saturated carbocycles. The third-order valence-corrected chi connectivity index (χ3v) is 5.03. The summed E-state index contributed by atoms with van der Waals surface area (Å²) >= 11 is 4.35. The van der Waals surface area contributed by atoms with Crippen molar-refractivity contribution in [2.45, 2.75) is 45.6 Å². The van der Waals surface area contributed by atoms with E-state index in [1.165, 1.54) is 58.4 Å². The molecule has 0 bridgehead atoms. The fourth-order valence-electron chi connectivity index (χ4n) is 3.34. The van der Waals surface area contributed by atoms with Crippen LogP contribution in [0.3, 0.4) is 0 Å². The smallest absolute Gasteiger partial charge is 0.0599 e. The first-order chi connectivity index (χ1) is 9.67. The van der Waals surface area contributed by atoms with Crippen molar-refractivity contribution in [3.8, 4) is 0 Å². The predicted molar refractivity (Wildman–Crippen MR) is 88.4 cm³/mol. The van der Waals surface area contributed by atoms with Gasteiger partial charge in [0.15, 0.2) is 0 Å². The third-order valence-electron chi connectivity index (χ3n) is 4.63. The Morgan fingerprint density at radius 1 is 1.00 bits per heavy atom. The van der Waals surface area contributed by atoms with Gasteiger partial charge in [0.25, 0.3) is 0 Å². The Labute approximate surface area is 130 Å². The van der Waals surface area contributed by atoms with Gasteiger partial charge in [0, 0.05) is 32.1 Å². The average molecular weight is 301 g/mol. The van der Waals surface area contributed by atoms with E-state index in [-0.39, 0.29) is 0 Å². The zero-order chi connectivity index (χ0) is 14.4. The van der Waals surface area contributed by atoms with Crippen molar-refractivity contribution >= 4 is 12.6 Å². The summed E-state index contributed by atoms with van der Waals surface area (Å²) < 4.78 is 6.18. The maximum absolute atomic E-state index is 6.18. The Morgan fingerprint density at radius 2 is 1.60 bits per heavy atom. The van der Waals surface area contributed by atoms with E-state index in [9.17, 15) is 0 Å². The Balaban J connectivity index is 1.57. The molecule has 20 heavy (non-hydrogen) atoms.